The van der Waals surface area contributed by atoms with E-state index in [1.54, 1.807) is 12.1 Å². The number of fused-ring (bicyclic) bond motifs is 3. The van der Waals surface area contributed by atoms with E-state index in [4.69, 9.17) is 9.47 Å². The van der Waals surface area contributed by atoms with E-state index in [0.29, 0.717) is 28.7 Å². The van der Waals surface area contributed by atoms with E-state index in [0.717, 1.165) is 12.2 Å². The fraction of sp³-hybridized carbons (Fsp3) is 0.519. The lowest BCUT2D eigenvalue weighted by Crippen LogP contribution is -2.44. The topological polar surface area (TPSA) is 35.5 Å². The molecule has 0 heterocycles. The van der Waals surface area contributed by atoms with Crippen LogP contribution in [-0.4, -0.2) is 12.6 Å². The molecule has 0 atom stereocenters. The van der Waals surface area contributed by atoms with Gasteiger partial charge >= 0.3 is 5.97 Å². The Hall–Kier alpha value is -2.29. The summed E-state index contributed by atoms with van der Waals surface area (Å²) < 4.78 is 11.1. The predicted octanol–water partition coefficient (Wildman–Crippen LogP) is 7.09. The van der Waals surface area contributed by atoms with Gasteiger partial charge in [0.1, 0.15) is 11.5 Å². The van der Waals surface area contributed by atoms with Gasteiger partial charge in [-0.15, -0.1) is 0 Å². The van der Waals surface area contributed by atoms with Crippen molar-refractivity contribution < 1.29 is 14.3 Å². The second kappa shape index (κ2) is 8.83. The fourth-order valence-electron chi connectivity index (χ4n) is 5.55. The first-order valence-electron chi connectivity index (χ1n) is 11.6. The van der Waals surface area contributed by atoms with Crippen molar-refractivity contribution in [1.82, 2.24) is 0 Å². The van der Waals surface area contributed by atoms with Crippen molar-refractivity contribution in [3.63, 3.8) is 0 Å². The summed E-state index contributed by atoms with van der Waals surface area (Å²) in [5.41, 5.74) is 2.96. The molecule has 5 rings (SSSR count). The van der Waals surface area contributed by atoms with Gasteiger partial charge in [0.05, 0.1) is 12.2 Å². The van der Waals surface area contributed by atoms with Crippen LogP contribution >= 0.6 is 0 Å². The molecule has 160 valence electrons. The summed E-state index contributed by atoms with van der Waals surface area (Å²) in [7, 11) is 0. The zero-order valence-electron chi connectivity index (χ0n) is 18.4. The summed E-state index contributed by atoms with van der Waals surface area (Å²) in [6.07, 6.45) is 11.6. The first kappa shape index (κ1) is 21.0. The van der Waals surface area contributed by atoms with Crippen LogP contribution in [0.25, 0.3) is 0 Å². The zero-order chi connectivity index (χ0) is 21.0. The molecule has 0 aromatic heterocycles. The average Bonchev–Trinajstić information content (AvgIpc) is 2.80. The van der Waals surface area contributed by atoms with Crippen LogP contribution in [0.5, 0.6) is 11.5 Å². The highest BCUT2D eigenvalue weighted by Gasteiger charge is 2.48. The van der Waals surface area contributed by atoms with Gasteiger partial charge in [0.25, 0.3) is 0 Å². The summed E-state index contributed by atoms with van der Waals surface area (Å²) >= 11 is 0. The highest BCUT2D eigenvalue weighted by Crippen LogP contribution is 2.59. The van der Waals surface area contributed by atoms with Gasteiger partial charge in [0.2, 0.25) is 0 Å². The Morgan fingerprint density at radius 3 is 1.97 bits per heavy atom. The second-order valence-corrected chi connectivity index (χ2v) is 9.32. The first-order chi connectivity index (χ1) is 14.6. The Labute approximate surface area is 180 Å². The van der Waals surface area contributed by atoms with Crippen LogP contribution in [0.2, 0.25) is 0 Å². The minimum atomic E-state index is -0.310. The quantitative estimate of drug-likeness (QED) is 0.347. The SMILES string of the molecule is CCCOc1ccc(OC(=O)c2ccc(C34CCC(CCC)(CC3)CC4)cc2)cc1. The molecule has 3 heteroatoms. The monoisotopic (exact) mass is 406 g/mol. The van der Waals surface area contributed by atoms with Gasteiger partial charge in [-0.25, -0.2) is 4.79 Å². The van der Waals surface area contributed by atoms with E-state index in [9.17, 15) is 4.79 Å². The molecule has 2 aromatic rings. The Morgan fingerprint density at radius 1 is 0.800 bits per heavy atom. The molecule has 3 nitrogen and oxygen atoms in total. The smallest absolute Gasteiger partial charge is 0.343 e. The molecule has 2 bridgehead atoms. The van der Waals surface area contributed by atoms with Gasteiger partial charge in [-0.05, 0) is 104 Å². The van der Waals surface area contributed by atoms with E-state index in [-0.39, 0.29) is 5.97 Å². The number of benzene rings is 2. The summed E-state index contributed by atoms with van der Waals surface area (Å²) in [6.45, 7) is 5.08. The number of ether oxygens (including phenoxy) is 2. The summed E-state index contributed by atoms with van der Waals surface area (Å²) in [6, 6.07) is 15.4. The standard InChI is InChI=1S/C27H34O3/c1-3-13-26-14-17-27(18-15-26,19-16-26)22-7-5-21(6-8-22)25(28)30-24-11-9-23(10-12-24)29-20-4-2/h5-12H,3-4,13-20H2,1-2H3. The normalized spacial score (nSPS) is 25.1. The van der Waals surface area contributed by atoms with Crippen molar-refractivity contribution in [3.05, 3.63) is 59.7 Å². The van der Waals surface area contributed by atoms with Crippen molar-refractivity contribution in [2.45, 2.75) is 77.0 Å². The summed E-state index contributed by atoms with van der Waals surface area (Å²) in [4.78, 5) is 12.6. The lowest BCUT2D eigenvalue weighted by Gasteiger charge is -2.54. The minimum Gasteiger partial charge on any atom is -0.494 e. The van der Waals surface area contributed by atoms with Gasteiger partial charge in [-0.3, -0.25) is 0 Å². The van der Waals surface area contributed by atoms with Crippen molar-refractivity contribution in [2.75, 3.05) is 6.61 Å². The number of rotatable bonds is 8. The Bertz CT molecular complexity index is 826. The van der Waals surface area contributed by atoms with Crippen LogP contribution in [0.1, 0.15) is 87.6 Å². The third kappa shape index (κ3) is 4.26. The highest BCUT2D eigenvalue weighted by molar-refractivity contribution is 5.91. The van der Waals surface area contributed by atoms with Crippen molar-refractivity contribution in [2.24, 2.45) is 5.41 Å². The molecular formula is C27H34O3. The molecule has 2 aromatic carbocycles. The van der Waals surface area contributed by atoms with Crippen LogP contribution < -0.4 is 9.47 Å². The lowest BCUT2D eigenvalue weighted by atomic mass is 9.51. The molecule has 0 spiro atoms. The zero-order valence-corrected chi connectivity index (χ0v) is 18.4. The number of esters is 1. The molecule has 0 radical (unpaired) electrons. The molecule has 3 aliphatic rings. The first-order valence-corrected chi connectivity index (χ1v) is 11.6. The van der Waals surface area contributed by atoms with Crippen LogP contribution in [0.3, 0.4) is 0 Å². The number of hydrogen-bond donors (Lipinski definition) is 0. The lowest BCUT2D eigenvalue weighted by molar-refractivity contribution is 0.0320. The maximum atomic E-state index is 12.6. The third-order valence-electron chi connectivity index (χ3n) is 7.42. The van der Waals surface area contributed by atoms with Gasteiger partial charge in [-0.1, -0.05) is 32.4 Å². The van der Waals surface area contributed by atoms with E-state index in [2.05, 4.69) is 26.0 Å². The van der Waals surface area contributed by atoms with Crippen LogP contribution in [0, 0.1) is 5.41 Å². The van der Waals surface area contributed by atoms with E-state index in [1.807, 2.05) is 24.3 Å². The van der Waals surface area contributed by atoms with Crippen LogP contribution in [0.4, 0.5) is 0 Å². The average molecular weight is 407 g/mol. The molecule has 0 saturated heterocycles. The molecule has 0 amide bonds. The van der Waals surface area contributed by atoms with Gasteiger partial charge in [0, 0.05) is 0 Å². The van der Waals surface area contributed by atoms with Crippen molar-refractivity contribution >= 4 is 5.97 Å². The molecule has 0 unspecified atom stereocenters. The number of hydrogen-bond acceptors (Lipinski definition) is 3. The fourth-order valence-corrected chi connectivity index (χ4v) is 5.55. The largest absolute Gasteiger partial charge is 0.494 e. The van der Waals surface area contributed by atoms with E-state index in [1.165, 1.54) is 56.9 Å². The Morgan fingerprint density at radius 2 is 1.40 bits per heavy atom. The second-order valence-electron chi connectivity index (χ2n) is 9.32. The molecule has 0 aliphatic heterocycles. The van der Waals surface area contributed by atoms with E-state index < -0.39 is 0 Å². The Balaban J connectivity index is 1.38. The minimum absolute atomic E-state index is 0.310. The molecular weight excluding hydrogens is 372 g/mol. The molecule has 3 saturated carbocycles. The van der Waals surface area contributed by atoms with Crippen LogP contribution in [0.15, 0.2) is 48.5 Å². The van der Waals surface area contributed by atoms with Crippen molar-refractivity contribution in [1.29, 1.82) is 0 Å². The summed E-state index contributed by atoms with van der Waals surface area (Å²) in [5.74, 6) is 1.03. The molecule has 3 fully saturated rings. The van der Waals surface area contributed by atoms with Crippen molar-refractivity contribution in [3.8, 4) is 11.5 Å². The van der Waals surface area contributed by atoms with Gasteiger partial charge < -0.3 is 9.47 Å². The summed E-state index contributed by atoms with van der Waals surface area (Å²) in [5, 5.41) is 0. The molecule has 3 aliphatic carbocycles. The van der Waals surface area contributed by atoms with Crippen LogP contribution in [-0.2, 0) is 5.41 Å². The van der Waals surface area contributed by atoms with Gasteiger partial charge in [-0.2, -0.15) is 0 Å². The number of carbonyl (C=O) groups excluding carboxylic acids is 1. The molecule has 30 heavy (non-hydrogen) atoms. The van der Waals surface area contributed by atoms with Gasteiger partial charge in [0.15, 0.2) is 0 Å². The maximum absolute atomic E-state index is 12.6. The molecule has 0 N–H and O–H groups in total. The predicted molar refractivity (Wildman–Crippen MR) is 120 cm³/mol. The highest BCUT2D eigenvalue weighted by atomic mass is 16.5. The Kier molecular flexibility index (Phi) is 6.17. The van der Waals surface area contributed by atoms with E-state index >= 15 is 0 Å². The number of carbonyl (C=O) groups is 1. The third-order valence-corrected chi connectivity index (χ3v) is 7.42. The maximum Gasteiger partial charge on any atom is 0.343 e.